The summed E-state index contributed by atoms with van der Waals surface area (Å²) >= 11 is 2.05. The molecule has 0 bridgehead atoms. The summed E-state index contributed by atoms with van der Waals surface area (Å²) in [5, 5.41) is 3.69. The average molecular weight is 277 g/mol. The van der Waals surface area contributed by atoms with Gasteiger partial charge in [0.05, 0.1) is 0 Å². The second-order valence-electron chi connectivity index (χ2n) is 5.83. The molecule has 1 heterocycles. The number of rotatable bonds is 6. The summed E-state index contributed by atoms with van der Waals surface area (Å²) in [6.07, 6.45) is 9.00. The van der Waals surface area contributed by atoms with E-state index in [2.05, 4.69) is 31.8 Å². The lowest BCUT2D eigenvalue weighted by Crippen LogP contribution is -2.21. The molecule has 1 N–H and O–H groups in total. The monoisotopic (exact) mass is 277 g/mol. The molecule has 19 heavy (non-hydrogen) atoms. The maximum Gasteiger partial charge on any atom is 0.0452 e. The van der Waals surface area contributed by atoms with Gasteiger partial charge >= 0.3 is 0 Å². The summed E-state index contributed by atoms with van der Waals surface area (Å²) in [5.74, 6) is 0. The van der Waals surface area contributed by atoms with Crippen LogP contribution >= 0.6 is 11.3 Å². The van der Waals surface area contributed by atoms with Gasteiger partial charge in [-0.25, -0.2) is 0 Å². The Balaban J connectivity index is 2.13. The van der Waals surface area contributed by atoms with Crippen LogP contribution in [0.1, 0.15) is 67.3 Å². The molecule has 106 valence electrons. The molecule has 0 amide bonds. The molecule has 1 aliphatic rings. The summed E-state index contributed by atoms with van der Waals surface area (Å²) in [4.78, 5) is 3.18. The van der Waals surface area contributed by atoms with Gasteiger partial charge in [0.25, 0.3) is 0 Å². The van der Waals surface area contributed by atoms with Gasteiger partial charge in [0, 0.05) is 15.8 Å². The maximum atomic E-state index is 4.09. The molecule has 1 aromatic rings. The summed E-state index contributed by atoms with van der Waals surface area (Å²) in [7, 11) is 0. The van der Waals surface area contributed by atoms with Crippen molar-refractivity contribution >= 4 is 11.3 Å². The van der Waals surface area contributed by atoms with Crippen LogP contribution in [0.15, 0.2) is 18.2 Å². The molecule has 0 saturated heterocycles. The number of hydrogen-bond acceptors (Lipinski definition) is 2. The minimum atomic E-state index is 0.481. The lowest BCUT2D eigenvalue weighted by atomic mass is 10.0. The van der Waals surface area contributed by atoms with Gasteiger partial charge < -0.3 is 5.32 Å². The molecule has 1 atom stereocenters. The Bertz CT molecular complexity index is 395. The molecule has 1 nitrogen and oxygen atoms in total. The van der Waals surface area contributed by atoms with E-state index in [1.807, 2.05) is 11.3 Å². The quantitative estimate of drug-likeness (QED) is 0.568. The van der Waals surface area contributed by atoms with Gasteiger partial charge in [-0.2, -0.15) is 0 Å². The van der Waals surface area contributed by atoms with E-state index in [0.29, 0.717) is 6.04 Å². The molecule has 1 unspecified atom stereocenters. The van der Waals surface area contributed by atoms with E-state index < -0.39 is 0 Å². The highest BCUT2D eigenvalue weighted by Gasteiger charge is 2.18. The second-order valence-corrected chi connectivity index (χ2v) is 6.99. The Morgan fingerprint density at radius 1 is 1.37 bits per heavy atom. The molecule has 0 aromatic carbocycles. The molecule has 0 aliphatic heterocycles. The van der Waals surface area contributed by atoms with E-state index in [1.165, 1.54) is 49.0 Å². The molecule has 0 spiro atoms. The molecule has 0 fully saturated rings. The Kier molecular flexibility index (Phi) is 5.65. The predicted molar refractivity (Wildman–Crippen MR) is 86.0 cm³/mol. The van der Waals surface area contributed by atoms with Crippen molar-refractivity contribution in [3.63, 3.8) is 0 Å². The lowest BCUT2D eigenvalue weighted by molar-refractivity contribution is 0.535. The molecule has 1 aliphatic carbocycles. The Labute approximate surface area is 122 Å². The lowest BCUT2D eigenvalue weighted by Gasteiger charge is -2.17. The Hall–Kier alpha value is -0.600. The van der Waals surface area contributed by atoms with Gasteiger partial charge in [-0.05, 0) is 63.6 Å². The molecule has 1 aromatic heterocycles. The van der Waals surface area contributed by atoms with Gasteiger partial charge in [-0.15, -0.1) is 17.9 Å². The first kappa shape index (κ1) is 14.8. The second kappa shape index (κ2) is 7.25. The van der Waals surface area contributed by atoms with Crippen LogP contribution < -0.4 is 5.32 Å². The van der Waals surface area contributed by atoms with Crippen LogP contribution in [0.2, 0.25) is 0 Å². The highest BCUT2D eigenvalue weighted by Crippen LogP contribution is 2.34. The van der Waals surface area contributed by atoms with Gasteiger partial charge in [0.1, 0.15) is 0 Å². The van der Waals surface area contributed by atoms with Crippen molar-refractivity contribution < 1.29 is 0 Å². The third-order valence-corrected chi connectivity index (χ3v) is 5.15. The maximum absolute atomic E-state index is 4.09. The minimum Gasteiger partial charge on any atom is -0.309 e. The number of thiophene rings is 1. The van der Waals surface area contributed by atoms with E-state index >= 15 is 0 Å². The van der Waals surface area contributed by atoms with Crippen LogP contribution in [-0.2, 0) is 12.8 Å². The molecule has 2 heteroatoms. The predicted octanol–water partition coefficient (Wildman–Crippen LogP) is 5.02. The number of aryl methyl sites for hydroxylation is 2. The van der Waals surface area contributed by atoms with Crippen LogP contribution in [0.3, 0.4) is 0 Å². The van der Waals surface area contributed by atoms with Crippen LogP contribution in [0.5, 0.6) is 0 Å². The summed E-state index contributed by atoms with van der Waals surface area (Å²) < 4.78 is 0. The van der Waals surface area contributed by atoms with Gasteiger partial charge in [-0.1, -0.05) is 18.9 Å². The van der Waals surface area contributed by atoms with Crippen molar-refractivity contribution in [2.75, 3.05) is 6.54 Å². The summed E-state index contributed by atoms with van der Waals surface area (Å²) in [6, 6.07) is 2.95. The zero-order valence-electron chi connectivity index (χ0n) is 12.4. The van der Waals surface area contributed by atoms with Crippen LogP contribution in [0.25, 0.3) is 0 Å². The molecule has 0 radical (unpaired) electrons. The number of nitrogens with one attached hydrogen (secondary N) is 1. The Morgan fingerprint density at radius 3 is 2.89 bits per heavy atom. The normalized spacial score (nSPS) is 16.7. The molecule has 0 saturated carbocycles. The van der Waals surface area contributed by atoms with Crippen molar-refractivity contribution in [1.29, 1.82) is 0 Å². The summed E-state index contributed by atoms with van der Waals surface area (Å²) in [5.41, 5.74) is 2.90. The van der Waals surface area contributed by atoms with Crippen molar-refractivity contribution in [2.45, 2.75) is 64.8 Å². The Morgan fingerprint density at radius 2 is 2.16 bits per heavy atom. The van der Waals surface area contributed by atoms with Crippen molar-refractivity contribution in [1.82, 2.24) is 5.32 Å². The van der Waals surface area contributed by atoms with Crippen molar-refractivity contribution in [3.05, 3.63) is 33.5 Å². The van der Waals surface area contributed by atoms with Crippen LogP contribution in [0.4, 0.5) is 0 Å². The van der Waals surface area contributed by atoms with Crippen LogP contribution in [0, 0.1) is 0 Å². The zero-order chi connectivity index (χ0) is 13.7. The van der Waals surface area contributed by atoms with E-state index in [4.69, 9.17) is 0 Å². The first-order valence-corrected chi connectivity index (χ1v) is 8.51. The first-order chi connectivity index (χ1) is 9.20. The van der Waals surface area contributed by atoms with Gasteiger partial charge in [0.15, 0.2) is 0 Å². The molecule has 2 rings (SSSR count). The first-order valence-electron chi connectivity index (χ1n) is 7.70. The minimum absolute atomic E-state index is 0.481. The number of hydrogen-bond donors (Lipinski definition) is 1. The summed E-state index contributed by atoms with van der Waals surface area (Å²) in [6.45, 7) is 9.56. The SMILES string of the molecule is C=C(C)CC(NCCC)c1cc2c(s1)CCCCC2. The van der Waals surface area contributed by atoms with E-state index in [9.17, 15) is 0 Å². The highest BCUT2D eigenvalue weighted by atomic mass is 32.1. The van der Waals surface area contributed by atoms with Gasteiger partial charge in [-0.3, -0.25) is 0 Å². The van der Waals surface area contributed by atoms with Crippen molar-refractivity contribution in [2.24, 2.45) is 0 Å². The smallest absolute Gasteiger partial charge is 0.0452 e. The average Bonchev–Trinajstić information content (AvgIpc) is 2.65. The van der Waals surface area contributed by atoms with E-state index in [1.54, 1.807) is 10.4 Å². The van der Waals surface area contributed by atoms with Crippen molar-refractivity contribution in [3.8, 4) is 0 Å². The van der Waals surface area contributed by atoms with Crippen LogP contribution in [-0.4, -0.2) is 6.54 Å². The van der Waals surface area contributed by atoms with Gasteiger partial charge in [0.2, 0.25) is 0 Å². The fourth-order valence-electron chi connectivity index (χ4n) is 2.80. The standard InChI is InChI=1S/C17H27NS/c1-4-10-18-15(11-13(2)3)17-12-14-8-6-5-7-9-16(14)19-17/h12,15,18H,2,4-11H2,1,3H3. The topological polar surface area (TPSA) is 12.0 Å². The fraction of sp³-hybridized carbons (Fsp3) is 0.647. The highest BCUT2D eigenvalue weighted by molar-refractivity contribution is 7.12. The number of fused-ring (bicyclic) bond motifs is 1. The third-order valence-electron chi connectivity index (χ3n) is 3.80. The molecular formula is C17H27NS. The fourth-order valence-corrected chi connectivity index (χ4v) is 4.14. The van der Waals surface area contributed by atoms with E-state index in [-0.39, 0.29) is 0 Å². The van der Waals surface area contributed by atoms with E-state index in [0.717, 1.165) is 13.0 Å². The largest absolute Gasteiger partial charge is 0.309 e. The third kappa shape index (κ3) is 4.19. The molecular weight excluding hydrogens is 250 g/mol. The zero-order valence-corrected chi connectivity index (χ0v) is 13.2.